The van der Waals surface area contributed by atoms with Crippen molar-refractivity contribution >= 4 is 17.8 Å². The summed E-state index contributed by atoms with van der Waals surface area (Å²) in [5, 5.41) is 20.0. The number of nitrogens with one attached hydrogen (secondary N) is 2. The van der Waals surface area contributed by atoms with Crippen LogP contribution in [0.1, 0.15) is 25.5 Å². The molecule has 0 radical (unpaired) electrons. The second kappa shape index (κ2) is 7.27. The number of amides is 1. The number of imidazole rings is 1. The van der Waals surface area contributed by atoms with Gasteiger partial charge in [0, 0.05) is 25.5 Å². The summed E-state index contributed by atoms with van der Waals surface area (Å²) in [6.45, 7) is 1.62. The number of carbonyl (C=O) groups excluding carboxylic acids is 1. The maximum atomic E-state index is 11.7. The molecule has 1 aromatic rings. The first-order valence-electron chi connectivity index (χ1n) is 6.10. The van der Waals surface area contributed by atoms with Crippen LogP contribution < -0.4 is 5.32 Å². The Hall–Kier alpha value is -2.38. The van der Waals surface area contributed by atoms with Crippen LogP contribution in [0.2, 0.25) is 0 Å². The highest BCUT2D eigenvalue weighted by Crippen LogP contribution is 2.08. The maximum absolute atomic E-state index is 11.7. The lowest BCUT2D eigenvalue weighted by Crippen LogP contribution is -2.42. The summed E-state index contributed by atoms with van der Waals surface area (Å²) in [5.41, 5.74) is 0.524. The fourth-order valence-electron chi connectivity index (χ4n) is 1.75. The second-order valence-corrected chi connectivity index (χ2v) is 4.63. The van der Waals surface area contributed by atoms with E-state index in [0.29, 0.717) is 5.69 Å². The monoisotopic (exact) mass is 283 g/mol. The topological polar surface area (TPSA) is 132 Å². The van der Waals surface area contributed by atoms with Crippen LogP contribution in [0.4, 0.5) is 0 Å². The average molecular weight is 283 g/mol. The Morgan fingerprint density at radius 3 is 2.55 bits per heavy atom. The van der Waals surface area contributed by atoms with Gasteiger partial charge >= 0.3 is 11.9 Å². The van der Waals surface area contributed by atoms with E-state index in [0.717, 1.165) is 0 Å². The predicted molar refractivity (Wildman–Crippen MR) is 67.9 cm³/mol. The number of hydrogen-bond donors (Lipinski definition) is 4. The van der Waals surface area contributed by atoms with Gasteiger partial charge in [-0.25, -0.2) is 9.78 Å². The number of carboxylic acid groups (broad SMARTS) is 2. The Balaban J connectivity index is 2.51. The first-order valence-corrected chi connectivity index (χ1v) is 6.10. The molecule has 0 aliphatic carbocycles. The van der Waals surface area contributed by atoms with E-state index in [-0.39, 0.29) is 25.2 Å². The number of aromatic nitrogens is 2. The number of hydrogen-bond acceptors (Lipinski definition) is 4. The van der Waals surface area contributed by atoms with Crippen LogP contribution in [0, 0.1) is 5.92 Å². The quantitative estimate of drug-likeness (QED) is 0.531. The zero-order valence-corrected chi connectivity index (χ0v) is 11.0. The third kappa shape index (κ3) is 5.51. The molecule has 1 aromatic heterocycles. The molecule has 0 aliphatic heterocycles. The number of H-pyrrole nitrogens is 1. The van der Waals surface area contributed by atoms with Gasteiger partial charge < -0.3 is 20.5 Å². The molecule has 2 unspecified atom stereocenters. The molecule has 8 nitrogen and oxygen atoms in total. The molecule has 0 aliphatic rings. The van der Waals surface area contributed by atoms with E-state index < -0.39 is 23.9 Å². The second-order valence-electron chi connectivity index (χ2n) is 4.63. The van der Waals surface area contributed by atoms with Crippen molar-refractivity contribution in [1.82, 2.24) is 15.3 Å². The van der Waals surface area contributed by atoms with Crippen molar-refractivity contribution < 1.29 is 24.6 Å². The first-order chi connectivity index (χ1) is 9.38. The molecule has 1 amide bonds. The molecule has 2 atom stereocenters. The molecule has 20 heavy (non-hydrogen) atoms. The molecule has 8 heteroatoms. The lowest BCUT2D eigenvalue weighted by atomic mass is 10.0. The summed E-state index contributed by atoms with van der Waals surface area (Å²) in [6.07, 6.45) is 2.87. The highest BCUT2D eigenvalue weighted by Gasteiger charge is 2.22. The van der Waals surface area contributed by atoms with Crippen LogP contribution in [0.3, 0.4) is 0 Å². The standard InChI is InChI=1S/C12H17N3O5/c1-7(3-11(17)18)2-10(16)15-9(12(19)20)4-8-5-13-6-14-8/h5-7,9H,2-4H2,1H3,(H,13,14)(H,15,16)(H,17,18)(H,19,20). The molecule has 1 heterocycles. The Morgan fingerprint density at radius 2 is 2.05 bits per heavy atom. The van der Waals surface area contributed by atoms with Gasteiger partial charge in [0.2, 0.25) is 5.91 Å². The summed E-state index contributed by atoms with van der Waals surface area (Å²) in [6, 6.07) is -1.08. The van der Waals surface area contributed by atoms with E-state index in [4.69, 9.17) is 10.2 Å². The molecular weight excluding hydrogens is 266 g/mol. The van der Waals surface area contributed by atoms with Gasteiger partial charge in [-0.1, -0.05) is 6.92 Å². The third-order valence-electron chi connectivity index (χ3n) is 2.66. The Bertz CT molecular complexity index is 471. The fraction of sp³-hybridized carbons (Fsp3) is 0.500. The SMILES string of the molecule is CC(CC(=O)O)CC(=O)NC(Cc1c[nH]cn1)C(=O)O. The number of rotatable bonds is 8. The van der Waals surface area contributed by atoms with Gasteiger partial charge in [0.15, 0.2) is 0 Å². The Morgan fingerprint density at radius 1 is 1.35 bits per heavy atom. The van der Waals surface area contributed by atoms with Crippen LogP contribution in [-0.4, -0.2) is 44.1 Å². The van der Waals surface area contributed by atoms with Gasteiger partial charge in [-0.15, -0.1) is 0 Å². The minimum absolute atomic E-state index is 0.0311. The summed E-state index contributed by atoms with van der Waals surface area (Å²) in [5.74, 6) is -2.99. The zero-order valence-electron chi connectivity index (χ0n) is 11.0. The van der Waals surface area contributed by atoms with Crippen molar-refractivity contribution in [3.05, 3.63) is 18.2 Å². The number of nitrogens with zero attached hydrogens (tertiary/aromatic N) is 1. The summed E-state index contributed by atoms with van der Waals surface area (Å²) >= 11 is 0. The minimum atomic E-state index is -1.16. The van der Waals surface area contributed by atoms with E-state index in [1.807, 2.05) is 0 Å². The van der Waals surface area contributed by atoms with Crippen LogP contribution in [0.15, 0.2) is 12.5 Å². The summed E-state index contributed by atoms with van der Waals surface area (Å²) < 4.78 is 0. The van der Waals surface area contributed by atoms with Crippen LogP contribution >= 0.6 is 0 Å². The van der Waals surface area contributed by atoms with E-state index >= 15 is 0 Å². The smallest absolute Gasteiger partial charge is 0.326 e. The van der Waals surface area contributed by atoms with E-state index in [1.54, 1.807) is 13.1 Å². The van der Waals surface area contributed by atoms with Gasteiger partial charge in [0.05, 0.1) is 12.0 Å². The molecule has 0 saturated heterocycles. The Kier molecular flexibility index (Phi) is 5.70. The van der Waals surface area contributed by atoms with E-state index in [9.17, 15) is 14.4 Å². The van der Waals surface area contributed by atoms with Gasteiger partial charge in [0.25, 0.3) is 0 Å². The molecule has 1 rings (SSSR count). The number of aromatic amines is 1. The number of aliphatic carboxylic acids is 2. The predicted octanol–water partition coefficient (Wildman–Crippen LogP) is 0.0225. The van der Waals surface area contributed by atoms with Crippen molar-refractivity contribution in [1.29, 1.82) is 0 Å². The van der Waals surface area contributed by atoms with Crippen molar-refractivity contribution in [2.45, 2.75) is 32.2 Å². The van der Waals surface area contributed by atoms with Crippen molar-refractivity contribution in [3.63, 3.8) is 0 Å². The normalized spacial score (nSPS) is 13.4. The zero-order chi connectivity index (χ0) is 15.1. The first kappa shape index (κ1) is 15.7. The molecular formula is C12H17N3O5. The summed E-state index contributed by atoms with van der Waals surface area (Å²) in [4.78, 5) is 39.9. The maximum Gasteiger partial charge on any atom is 0.326 e. The van der Waals surface area contributed by atoms with E-state index in [1.165, 1.54) is 6.33 Å². The summed E-state index contributed by atoms with van der Waals surface area (Å²) in [7, 11) is 0. The van der Waals surface area contributed by atoms with Crippen LogP contribution in [0.25, 0.3) is 0 Å². The average Bonchev–Trinajstić information content (AvgIpc) is 2.79. The van der Waals surface area contributed by atoms with Gasteiger partial charge in [-0.3, -0.25) is 9.59 Å². The Labute approximate surface area is 115 Å². The number of carboxylic acids is 2. The van der Waals surface area contributed by atoms with Gasteiger partial charge in [0.1, 0.15) is 6.04 Å². The highest BCUT2D eigenvalue weighted by atomic mass is 16.4. The largest absolute Gasteiger partial charge is 0.481 e. The van der Waals surface area contributed by atoms with Crippen molar-refractivity contribution in [2.24, 2.45) is 5.92 Å². The van der Waals surface area contributed by atoms with Crippen LogP contribution in [0.5, 0.6) is 0 Å². The minimum Gasteiger partial charge on any atom is -0.481 e. The molecule has 0 aromatic carbocycles. The van der Waals surface area contributed by atoms with Crippen molar-refractivity contribution in [3.8, 4) is 0 Å². The number of carbonyl (C=O) groups is 3. The van der Waals surface area contributed by atoms with Crippen molar-refractivity contribution in [2.75, 3.05) is 0 Å². The molecule has 110 valence electrons. The lowest BCUT2D eigenvalue weighted by Gasteiger charge is -2.15. The van der Waals surface area contributed by atoms with Gasteiger partial charge in [-0.2, -0.15) is 0 Å². The molecule has 0 saturated carbocycles. The molecule has 0 spiro atoms. The third-order valence-corrected chi connectivity index (χ3v) is 2.66. The van der Waals surface area contributed by atoms with Crippen LogP contribution in [-0.2, 0) is 20.8 Å². The molecule has 4 N–H and O–H groups in total. The van der Waals surface area contributed by atoms with Gasteiger partial charge in [-0.05, 0) is 5.92 Å². The fourth-order valence-corrected chi connectivity index (χ4v) is 1.75. The lowest BCUT2D eigenvalue weighted by molar-refractivity contribution is -0.142. The molecule has 0 fully saturated rings. The molecule has 0 bridgehead atoms. The highest BCUT2D eigenvalue weighted by molar-refractivity contribution is 5.84. The van der Waals surface area contributed by atoms with E-state index in [2.05, 4.69) is 15.3 Å².